The van der Waals surface area contributed by atoms with Gasteiger partial charge in [0.2, 0.25) is 0 Å². The Hall–Kier alpha value is -4.05. The molecule has 2 saturated heterocycles. The number of carbonyl (C=O) groups excluding carboxylic acids is 2. The van der Waals surface area contributed by atoms with Gasteiger partial charge in [-0.2, -0.15) is 0 Å². The number of fused-ring (bicyclic) bond motifs is 1. The number of carboxylic acids is 1. The van der Waals surface area contributed by atoms with Crippen LogP contribution in [-0.2, 0) is 4.74 Å². The normalized spacial score (nSPS) is 16.1. The Kier molecular flexibility index (Phi) is 7.74. The van der Waals surface area contributed by atoms with E-state index in [1.165, 1.54) is 0 Å². The van der Waals surface area contributed by atoms with E-state index in [2.05, 4.69) is 5.32 Å². The van der Waals surface area contributed by atoms with Gasteiger partial charge in [0.25, 0.3) is 5.91 Å². The fourth-order valence-electron chi connectivity index (χ4n) is 5.31. The van der Waals surface area contributed by atoms with Gasteiger partial charge in [0.1, 0.15) is 11.4 Å². The molecule has 1 aromatic heterocycles. The molecule has 0 spiro atoms. The molecule has 0 unspecified atom stereocenters. The van der Waals surface area contributed by atoms with Gasteiger partial charge in [-0.25, -0.2) is 9.59 Å². The third kappa shape index (κ3) is 5.29. The molecule has 2 aliphatic heterocycles. The van der Waals surface area contributed by atoms with Crippen molar-refractivity contribution in [2.75, 3.05) is 63.9 Å². The molecule has 10 heteroatoms. The number of amides is 2. The molecule has 2 amide bonds. The Morgan fingerprint density at radius 1 is 0.897 bits per heavy atom. The molecule has 0 saturated carbocycles. The fraction of sp³-hybridized carbons (Fsp3) is 0.414. The largest absolute Gasteiger partial charge is 0.478 e. The molecule has 10 nitrogen and oxygen atoms in total. The first-order chi connectivity index (χ1) is 18.9. The number of benzene rings is 2. The smallest absolute Gasteiger partial charge is 0.409 e. The lowest BCUT2D eigenvalue weighted by Gasteiger charge is -2.36. The van der Waals surface area contributed by atoms with E-state index in [0.717, 1.165) is 5.69 Å². The molecular formula is C29H35N5O5. The van der Waals surface area contributed by atoms with E-state index in [-0.39, 0.29) is 23.5 Å². The summed E-state index contributed by atoms with van der Waals surface area (Å²) in [5.74, 6) is -0.504. The van der Waals surface area contributed by atoms with Crippen molar-refractivity contribution in [3.05, 3.63) is 59.7 Å². The Labute approximate surface area is 227 Å². The number of piperazine rings is 2. The quantitative estimate of drug-likeness (QED) is 0.501. The monoisotopic (exact) mass is 533 g/mol. The highest BCUT2D eigenvalue weighted by Crippen LogP contribution is 2.38. The van der Waals surface area contributed by atoms with E-state index >= 15 is 0 Å². The lowest BCUT2D eigenvalue weighted by Crippen LogP contribution is -2.49. The molecule has 0 aliphatic carbocycles. The number of aromatic carboxylic acids is 1. The van der Waals surface area contributed by atoms with Crippen molar-refractivity contribution < 1.29 is 24.2 Å². The maximum Gasteiger partial charge on any atom is 0.409 e. The van der Waals surface area contributed by atoms with Gasteiger partial charge in [-0.3, -0.25) is 9.36 Å². The van der Waals surface area contributed by atoms with Gasteiger partial charge in [-0.05, 0) is 30.2 Å². The Morgan fingerprint density at radius 2 is 1.59 bits per heavy atom. The van der Waals surface area contributed by atoms with Crippen LogP contribution >= 0.6 is 0 Å². The van der Waals surface area contributed by atoms with Gasteiger partial charge in [0.15, 0.2) is 0 Å². The first-order valence-electron chi connectivity index (χ1n) is 13.5. The average Bonchev–Trinajstić information content (AvgIpc) is 3.32. The van der Waals surface area contributed by atoms with Crippen LogP contribution in [0.25, 0.3) is 16.6 Å². The van der Waals surface area contributed by atoms with Crippen LogP contribution in [0.15, 0.2) is 48.5 Å². The number of hydrogen-bond donors (Lipinski definition) is 2. The zero-order valence-electron chi connectivity index (χ0n) is 22.4. The number of anilines is 1. The molecule has 206 valence electrons. The van der Waals surface area contributed by atoms with Crippen molar-refractivity contribution in [1.29, 1.82) is 0 Å². The predicted octanol–water partition coefficient (Wildman–Crippen LogP) is 3.29. The summed E-state index contributed by atoms with van der Waals surface area (Å²) in [7, 11) is 0. The third-order valence-electron chi connectivity index (χ3n) is 7.21. The Morgan fingerprint density at radius 3 is 2.23 bits per heavy atom. The molecule has 3 heterocycles. The number of hydrogen-bond acceptors (Lipinski definition) is 6. The molecule has 5 rings (SSSR count). The second kappa shape index (κ2) is 11.4. The first-order valence-corrected chi connectivity index (χ1v) is 13.5. The lowest BCUT2D eigenvalue weighted by molar-refractivity contribution is 0.0698. The van der Waals surface area contributed by atoms with Crippen LogP contribution in [-0.4, -0.2) is 96.4 Å². The summed E-state index contributed by atoms with van der Waals surface area (Å²) in [4.78, 5) is 44.6. The molecule has 2 fully saturated rings. The van der Waals surface area contributed by atoms with Crippen molar-refractivity contribution in [2.24, 2.45) is 5.92 Å². The lowest BCUT2D eigenvalue weighted by atomic mass is 10.0. The average molecular weight is 534 g/mol. The Balaban J connectivity index is 1.59. The van der Waals surface area contributed by atoms with Crippen molar-refractivity contribution in [3.63, 3.8) is 0 Å². The number of carboxylic acid groups (broad SMARTS) is 1. The maximum atomic E-state index is 13.7. The highest BCUT2D eigenvalue weighted by Gasteiger charge is 2.33. The summed E-state index contributed by atoms with van der Waals surface area (Å²) in [6.07, 6.45) is -0.352. The van der Waals surface area contributed by atoms with E-state index in [9.17, 15) is 19.5 Å². The van der Waals surface area contributed by atoms with Crippen molar-refractivity contribution in [3.8, 4) is 5.69 Å². The van der Waals surface area contributed by atoms with Gasteiger partial charge in [0, 0.05) is 69.0 Å². The highest BCUT2D eigenvalue weighted by molar-refractivity contribution is 6.18. The van der Waals surface area contributed by atoms with Crippen LogP contribution in [0.4, 0.5) is 10.6 Å². The van der Waals surface area contributed by atoms with Gasteiger partial charge >= 0.3 is 12.1 Å². The number of nitrogens with one attached hydrogen (secondary N) is 1. The van der Waals surface area contributed by atoms with Crippen LogP contribution in [0.2, 0.25) is 0 Å². The molecule has 3 aromatic rings. The Bertz CT molecular complexity index is 1360. The summed E-state index contributed by atoms with van der Waals surface area (Å²) in [6.45, 7) is 8.54. The van der Waals surface area contributed by atoms with E-state index in [0.29, 0.717) is 81.2 Å². The predicted molar refractivity (Wildman–Crippen MR) is 149 cm³/mol. The van der Waals surface area contributed by atoms with E-state index in [1.807, 2.05) is 65.8 Å². The fourth-order valence-corrected chi connectivity index (χ4v) is 5.31. The summed E-state index contributed by atoms with van der Waals surface area (Å²) >= 11 is 0. The second-order valence-electron chi connectivity index (χ2n) is 10.4. The van der Waals surface area contributed by atoms with Gasteiger partial charge in [-0.15, -0.1) is 0 Å². The summed E-state index contributed by atoms with van der Waals surface area (Å²) in [5, 5.41) is 14.3. The standard InChI is InChI=1S/C29H35N5O5/c1-20(2)19-39-29(38)33-17-15-31(16-18-33)26-25(28(36)37)24-22(27(35)32-13-11-30-12-14-32)9-6-10-23(24)34(26)21-7-4-3-5-8-21/h3-10,20,30H,11-19H2,1-2H3,(H,36,37). The zero-order valence-corrected chi connectivity index (χ0v) is 22.4. The third-order valence-corrected chi connectivity index (χ3v) is 7.21. The van der Waals surface area contributed by atoms with Crippen molar-refractivity contribution in [2.45, 2.75) is 13.8 Å². The molecular weight excluding hydrogens is 498 g/mol. The van der Waals surface area contributed by atoms with Crippen LogP contribution in [0, 0.1) is 5.92 Å². The SMILES string of the molecule is CC(C)COC(=O)N1CCN(c2c(C(=O)O)c3c(C(=O)N4CCNCC4)cccc3n2-c2ccccc2)CC1. The van der Waals surface area contributed by atoms with Crippen molar-refractivity contribution >= 4 is 34.7 Å². The summed E-state index contributed by atoms with van der Waals surface area (Å²) in [5.41, 5.74) is 1.95. The van der Waals surface area contributed by atoms with E-state index < -0.39 is 5.97 Å². The van der Waals surface area contributed by atoms with Gasteiger partial charge in [-0.1, -0.05) is 38.1 Å². The minimum atomic E-state index is -1.09. The van der Waals surface area contributed by atoms with E-state index in [4.69, 9.17) is 4.74 Å². The molecule has 2 aromatic carbocycles. The number of ether oxygens (including phenoxy) is 1. The molecule has 0 radical (unpaired) electrons. The van der Waals surface area contributed by atoms with Crippen LogP contribution < -0.4 is 10.2 Å². The van der Waals surface area contributed by atoms with Gasteiger partial charge in [0.05, 0.1) is 12.1 Å². The summed E-state index contributed by atoms with van der Waals surface area (Å²) in [6, 6.07) is 15.0. The number of nitrogens with zero attached hydrogens (tertiary/aromatic N) is 4. The maximum absolute atomic E-state index is 13.7. The molecule has 2 aliphatic rings. The second-order valence-corrected chi connectivity index (χ2v) is 10.4. The van der Waals surface area contributed by atoms with Gasteiger partial charge < -0.3 is 29.9 Å². The molecule has 0 bridgehead atoms. The molecule has 0 atom stereocenters. The number of carbonyl (C=O) groups is 3. The highest BCUT2D eigenvalue weighted by atomic mass is 16.6. The number of para-hydroxylation sites is 1. The zero-order chi connectivity index (χ0) is 27.5. The van der Waals surface area contributed by atoms with Crippen molar-refractivity contribution in [1.82, 2.24) is 19.7 Å². The van der Waals surface area contributed by atoms with E-state index in [1.54, 1.807) is 15.9 Å². The minimum absolute atomic E-state index is 0.101. The van der Waals surface area contributed by atoms with Crippen LogP contribution in [0.1, 0.15) is 34.6 Å². The molecule has 39 heavy (non-hydrogen) atoms. The number of rotatable bonds is 6. The minimum Gasteiger partial charge on any atom is -0.478 e. The number of aromatic nitrogens is 1. The molecule has 2 N–H and O–H groups in total. The summed E-state index contributed by atoms with van der Waals surface area (Å²) < 4.78 is 7.34. The topological polar surface area (TPSA) is 107 Å². The first kappa shape index (κ1) is 26.6. The van der Waals surface area contributed by atoms with Crippen LogP contribution in [0.5, 0.6) is 0 Å². The van der Waals surface area contributed by atoms with Crippen LogP contribution in [0.3, 0.4) is 0 Å².